The molecule has 2 rings (SSSR count). The van der Waals surface area contributed by atoms with E-state index in [4.69, 9.17) is 9.15 Å². The van der Waals surface area contributed by atoms with Gasteiger partial charge in [0.05, 0.1) is 11.6 Å². The first kappa shape index (κ1) is 14.8. The van der Waals surface area contributed by atoms with E-state index in [1.54, 1.807) is 45.0 Å². The maximum Gasteiger partial charge on any atom is 0.434 e. The molecule has 0 radical (unpaired) electrons. The topological polar surface area (TPSA) is 89.1 Å². The lowest BCUT2D eigenvalue weighted by molar-refractivity contribution is 0.0605. The van der Waals surface area contributed by atoms with E-state index < -0.39 is 17.3 Å². The fraction of sp³-hybridized carbons (Fsp3) is 0.267. The van der Waals surface area contributed by atoms with Gasteiger partial charge in [0.25, 0.3) is 0 Å². The minimum atomic E-state index is -0.852. The zero-order valence-electron chi connectivity index (χ0n) is 11.9. The fourth-order valence-corrected chi connectivity index (χ4v) is 1.67. The quantitative estimate of drug-likeness (QED) is 0.644. The lowest BCUT2D eigenvalue weighted by Gasteiger charge is -2.17. The van der Waals surface area contributed by atoms with Crippen molar-refractivity contribution < 1.29 is 19.1 Å². The number of carbonyl (C=O) groups excluding carboxylic acids is 1. The van der Waals surface area contributed by atoms with Gasteiger partial charge < -0.3 is 14.3 Å². The van der Waals surface area contributed by atoms with Gasteiger partial charge in [-0.15, -0.1) is 0 Å². The average molecular weight is 289 g/mol. The highest BCUT2D eigenvalue weighted by Crippen LogP contribution is 2.24. The summed E-state index contributed by atoms with van der Waals surface area (Å²) in [5, 5.41) is 10.4. The standard InChI is InChI=1S/C15H15NO5/c1-15(2,3)21-14(19)16-8-10-12(17)9-6-4-5-7-11(9)20-13(10)18/h4-8,17H,1-3H3/b16-8+. The molecule has 1 aromatic heterocycles. The summed E-state index contributed by atoms with van der Waals surface area (Å²) in [6.45, 7) is 5.09. The number of aromatic hydroxyl groups is 1. The van der Waals surface area contributed by atoms with E-state index in [1.165, 1.54) is 0 Å². The molecule has 0 aliphatic carbocycles. The molecule has 1 heterocycles. The second-order valence-electron chi connectivity index (χ2n) is 5.39. The van der Waals surface area contributed by atoms with Crippen LogP contribution in [0.15, 0.2) is 38.5 Å². The molecule has 0 saturated carbocycles. The predicted octanol–water partition coefficient (Wildman–Crippen LogP) is 2.85. The summed E-state index contributed by atoms with van der Waals surface area (Å²) >= 11 is 0. The summed E-state index contributed by atoms with van der Waals surface area (Å²) < 4.78 is 10.0. The molecule has 0 bridgehead atoms. The van der Waals surface area contributed by atoms with E-state index in [0.717, 1.165) is 6.21 Å². The van der Waals surface area contributed by atoms with Crippen LogP contribution in [0.3, 0.4) is 0 Å². The number of fused-ring (bicyclic) bond motifs is 1. The van der Waals surface area contributed by atoms with Crippen LogP contribution in [0.1, 0.15) is 26.3 Å². The number of hydrogen-bond donors (Lipinski definition) is 1. The smallest absolute Gasteiger partial charge is 0.434 e. The first-order valence-electron chi connectivity index (χ1n) is 6.30. The number of rotatable bonds is 1. The van der Waals surface area contributed by atoms with E-state index in [2.05, 4.69) is 4.99 Å². The second-order valence-corrected chi connectivity index (χ2v) is 5.39. The highest BCUT2D eigenvalue weighted by Gasteiger charge is 2.16. The number of ether oxygens (including phenoxy) is 1. The Bertz CT molecular complexity index is 768. The van der Waals surface area contributed by atoms with Crippen LogP contribution in [0.5, 0.6) is 5.75 Å². The van der Waals surface area contributed by atoms with Gasteiger partial charge in [-0.2, -0.15) is 4.99 Å². The van der Waals surface area contributed by atoms with Crippen LogP contribution >= 0.6 is 0 Å². The Morgan fingerprint density at radius 3 is 2.67 bits per heavy atom. The van der Waals surface area contributed by atoms with Gasteiger partial charge in [-0.1, -0.05) is 12.1 Å². The molecule has 110 valence electrons. The largest absolute Gasteiger partial charge is 0.506 e. The maximum atomic E-state index is 11.8. The Labute approximate surface area is 120 Å². The number of nitrogens with zero attached hydrogens (tertiary/aromatic N) is 1. The third-order valence-electron chi connectivity index (χ3n) is 2.51. The minimum Gasteiger partial charge on any atom is -0.506 e. The Balaban J connectivity index is 2.39. The zero-order valence-corrected chi connectivity index (χ0v) is 11.9. The molecule has 1 aromatic carbocycles. The Hall–Kier alpha value is -2.63. The molecule has 0 aliphatic heterocycles. The molecular formula is C15H15NO5. The van der Waals surface area contributed by atoms with Gasteiger partial charge >= 0.3 is 11.7 Å². The summed E-state index contributed by atoms with van der Waals surface area (Å²) in [5.41, 5.74) is -1.41. The van der Waals surface area contributed by atoms with Gasteiger partial charge in [-0.25, -0.2) is 9.59 Å². The lowest BCUT2D eigenvalue weighted by atomic mass is 10.1. The summed E-state index contributed by atoms with van der Waals surface area (Å²) in [7, 11) is 0. The first-order chi connectivity index (χ1) is 9.78. The van der Waals surface area contributed by atoms with Crippen molar-refractivity contribution in [2.75, 3.05) is 0 Å². The summed E-state index contributed by atoms with van der Waals surface area (Å²) in [6.07, 6.45) is 0.0938. The van der Waals surface area contributed by atoms with E-state index in [9.17, 15) is 14.7 Å². The highest BCUT2D eigenvalue weighted by atomic mass is 16.6. The Morgan fingerprint density at radius 1 is 1.33 bits per heavy atom. The molecule has 0 atom stereocenters. The van der Waals surface area contributed by atoms with Gasteiger partial charge in [-0.3, -0.25) is 0 Å². The van der Waals surface area contributed by atoms with Crippen molar-refractivity contribution in [3.63, 3.8) is 0 Å². The van der Waals surface area contributed by atoms with E-state index in [1.807, 2.05) is 0 Å². The van der Waals surface area contributed by atoms with Crippen molar-refractivity contribution in [1.29, 1.82) is 0 Å². The van der Waals surface area contributed by atoms with Gasteiger partial charge in [-0.05, 0) is 32.9 Å². The third kappa shape index (κ3) is 3.47. The van der Waals surface area contributed by atoms with Crippen LogP contribution in [-0.4, -0.2) is 23.0 Å². The van der Waals surface area contributed by atoms with Crippen molar-refractivity contribution in [3.8, 4) is 5.75 Å². The van der Waals surface area contributed by atoms with Crippen molar-refractivity contribution in [1.82, 2.24) is 0 Å². The average Bonchev–Trinajstić information content (AvgIpc) is 2.36. The minimum absolute atomic E-state index is 0.195. The van der Waals surface area contributed by atoms with Gasteiger partial charge in [0.15, 0.2) is 0 Å². The maximum absolute atomic E-state index is 11.8. The summed E-state index contributed by atoms with van der Waals surface area (Å²) in [4.78, 5) is 26.8. The highest BCUT2D eigenvalue weighted by molar-refractivity contribution is 5.96. The first-order valence-corrected chi connectivity index (χ1v) is 6.30. The molecule has 21 heavy (non-hydrogen) atoms. The van der Waals surface area contributed by atoms with Crippen molar-refractivity contribution in [2.24, 2.45) is 4.99 Å². The van der Waals surface area contributed by atoms with E-state index in [-0.39, 0.29) is 16.9 Å². The van der Waals surface area contributed by atoms with Crippen LogP contribution in [-0.2, 0) is 4.74 Å². The fourth-order valence-electron chi connectivity index (χ4n) is 1.67. The van der Waals surface area contributed by atoms with Gasteiger partial charge in [0.1, 0.15) is 22.5 Å². The van der Waals surface area contributed by atoms with Crippen LogP contribution in [0.25, 0.3) is 11.0 Å². The van der Waals surface area contributed by atoms with E-state index >= 15 is 0 Å². The van der Waals surface area contributed by atoms with Crippen LogP contribution < -0.4 is 5.63 Å². The molecule has 2 aromatic rings. The second kappa shape index (κ2) is 5.40. The molecule has 1 N–H and O–H groups in total. The molecular weight excluding hydrogens is 274 g/mol. The number of amides is 1. The van der Waals surface area contributed by atoms with Crippen LogP contribution in [0.4, 0.5) is 4.79 Å². The molecule has 6 nitrogen and oxygen atoms in total. The molecule has 0 aliphatic rings. The number of para-hydroxylation sites is 1. The SMILES string of the molecule is CC(C)(C)OC(=O)/N=C/c1c(O)c2ccccc2oc1=O. The number of carbonyl (C=O) groups is 1. The van der Waals surface area contributed by atoms with Crippen LogP contribution in [0, 0.1) is 0 Å². The Kier molecular flexibility index (Phi) is 3.80. The molecule has 0 unspecified atom stereocenters. The van der Waals surface area contributed by atoms with Crippen molar-refractivity contribution >= 4 is 23.3 Å². The monoisotopic (exact) mass is 289 g/mol. The van der Waals surface area contributed by atoms with E-state index in [0.29, 0.717) is 5.39 Å². The number of benzene rings is 1. The summed E-state index contributed by atoms with van der Waals surface area (Å²) in [5.74, 6) is -0.283. The number of hydrogen-bond acceptors (Lipinski definition) is 5. The Morgan fingerprint density at radius 2 is 2.00 bits per heavy atom. The van der Waals surface area contributed by atoms with Gasteiger partial charge in [0, 0.05) is 0 Å². The third-order valence-corrected chi connectivity index (χ3v) is 2.51. The number of aliphatic imine (C=N–C) groups is 1. The predicted molar refractivity (Wildman–Crippen MR) is 78.0 cm³/mol. The lowest BCUT2D eigenvalue weighted by Crippen LogP contribution is -2.22. The molecule has 1 amide bonds. The molecule has 0 fully saturated rings. The molecule has 0 spiro atoms. The zero-order chi connectivity index (χ0) is 15.6. The van der Waals surface area contributed by atoms with Crippen LogP contribution in [0.2, 0.25) is 0 Å². The normalized spacial score (nSPS) is 12.0. The molecule has 0 saturated heterocycles. The summed E-state index contributed by atoms with van der Waals surface area (Å²) in [6, 6.07) is 6.53. The van der Waals surface area contributed by atoms with Gasteiger partial charge in [0.2, 0.25) is 0 Å². The van der Waals surface area contributed by atoms with Crippen molar-refractivity contribution in [2.45, 2.75) is 26.4 Å². The molecule has 6 heteroatoms. The van der Waals surface area contributed by atoms with Crippen molar-refractivity contribution in [3.05, 3.63) is 40.2 Å².